The highest BCUT2D eigenvalue weighted by molar-refractivity contribution is 6.42. The second kappa shape index (κ2) is 9.90. The third-order valence-corrected chi connectivity index (χ3v) is 5.58. The number of nitrogens with zero attached hydrogens (tertiary/aromatic N) is 2. The Hall–Kier alpha value is -3.61. The van der Waals surface area contributed by atoms with Gasteiger partial charge in [0, 0.05) is 11.3 Å². The molecule has 1 N–H and O–H groups in total. The lowest BCUT2D eigenvalue weighted by Crippen LogP contribution is -2.21. The quantitative estimate of drug-likeness (QED) is 0.453. The minimum absolute atomic E-state index is 0.225. The molecule has 0 bridgehead atoms. The number of carbonyl (C=O) groups excluding carboxylic acids is 2. The Morgan fingerprint density at radius 2 is 1.76 bits per heavy atom. The number of halogens is 2. The first-order valence-corrected chi connectivity index (χ1v) is 10.8. The van der Waals surface area contributed by atoms with Crippen LogP contribution in [0.3, 0.4) is 0 Å². The van der Waals surface area contributed by atoms with Crippen molar-refractivity contribution in [2.45, 2.75) is 6.92 Å². The summed E-state index contributed by atoms with van der Waals surface area (Å²) in [5, 5.41) is 9.21. The topological polar surface area (TPSA) is 71.0 Å². The van der Waals surface area contributed by atoms with Crippen molar-refractivity contribution >= 4 is 58.2 Å². The first kappa shape index (κ1) is 22.6. The van der Waals surface area contributed by atoms with Gasteiger partial charge in [-0.25, -0.2) is 0 Å². The second-order valence-electron chi connectivity index (χ2n) is 7.20. The van der Waals surface area contributed by atoms with E-state index >= 15 is 0 Å². The number of rotatable bonds is 6. The third kappa shape index (κ3) is 5.25. The largest absolute Gasteiger partial charge is 0.483 e. The summed E-state index contributed by atoms with van der Waals surface area (Å²) in [7, 11) is 0. The molecular formula is C25H19Cl2N3O3. The fourth-order valence-electron chi connectivity index (χ4n) is 3.23. The summed E-state index contributed by atoms with van der Waals surface area (Å²) in [5.74, 6) is -0.125. The van der Waals surface area contributed by atoms with E-state index < -0.39 is 0 Å². The SMILES string of the molecule is CC1=NN(c2ccccc2)C(=O)C1=Cc1ccccc1OCC(=O)Nc1ccc(Cl)c(Cl)c1. The number of hydrogen-bond donors (Lipinski definition) is 1. The predicted molar refractivity (Wildman–Crippen MR) is 132 cm³/mol. The molecule has 0 atom stereocenters. The highest BCUT2D eigenvalue weighted by atomic mass is 35.5. The lowest BCUT2D eigenvalue weighted by atomic mass is 10.1. The minimum atomic E-state index is -0.360. The van der Waals surface area contributed by atoms with E-state index in [0.717, 1.165) is 0 Å². The van der Waals surface area contributed by atoms with E-state index in [-0.39, 0.29) is 18.4 Å². The summed E-state index contributed by atoms with van der Waals surface area (Å²) < 4.78 is 5.74. The van der Waals surface area contributed by atoms with Crippen LogP contribution in [-0.4, -0.2) is 24.1 Å². The zero-order valence-corrected chi connectivity index (χ0v) is 19.1. The number of hydrazone groups is 1. The van der Waals surface area contributed by atoms with Crippen LogP contribution in [-0.2, 0) is 9.59 Å². The van der Waals surface area contributed by atoms with E-state index in [4.69, 9.17) is 27.9 Å². The molecule has 3 aromatic rings. The first-order valence-electron chi connectivity index (χ1n) is 10.1. The second-order valence-corrected chi connectivity index (χ2v) is 8.01. The van der Waals surface area contributed by atoms with Crippen LogP contribution in [0.25, 0.3) is 6.08 Å². The molecule has 0 aliphatic carbocycles. The minimum Gasteiger partial charge on any atom is -0.483 e. The number of benzene rings is 3. The van der Waals surface area contributed by atoms with E-state index in [2.05, 4.69) is 10.4 Å². The third-order valence-electron chi connectivity index (χ3n) is 4.84. The van der Waals surface area contributed by atoms with E-state index in [1.807, 2.05) is 42.5 Å². The van der Waals surface area contributed by atoms with Crippen LogP contribution in [0, 0.1) is 0 Å². The van der Waals surface area contributed by atoms with Crippen molar-refractivity contribution in [2.24, 2.45) is 5.10 Å². The molecule has 0 spiro atoms. The molecule has 0 saturated heterocycles. The number of ether oxygens (including phenoxy) is 1. The average Bonchev–Trinajstić information content (AvgIpc) is 3.10. The fourth-order valence-corrected chi connectivity index (χ4v) is 3.53. The monoisotopic (exact) mass is 479 g/mol. The van der Waals surface area contributed by atoms with Gasteiger partial charge in [-0.05, 0) is 49.4 Å². The van der Waals surface area contributed by atoms with Crippen LogP contribution in [0.5, 0.6) is 5.75 Å². The Labute approximate surface area is 201 Å². The predicted octanol–water partition coefficient (Wildman–Crippen LogP) is 5.82. The van der Waals surface area contributed by atoms with Gasteiger partial charge in [0.1, 0.15) is 5.75 Å². The molecule has 2 amide bonds. The molecule has 1 aliphatic rings. The summed E-state index contributed by atoms with van der Waals surface area (Å²) in [6, 6.07) is 21.2. The lowest BCUT2D eigenvalue weighted by molar-refractivity contribution is -0.118. The summed E-state index contributed by atoms with van der Waals surface area (Å²) >= 11 is 11.9. The highest BCUT2D eigenvalue weighted by Gasteiger charge is 2.28. The summed E-state index contributed by atoms with van der Waals surface area (Å²) in [6.07, 6.45) is 1.72. The molecule has 166 valence electrons. The molecule has 6 nitrogen and oxygen atoms in total. The van der Waals surface area contributed by atoms with E-state index in [0.29, 0.717) is 44.0 Å². The van der Waals surface area contributed by atoms with Gasteiger partial charge in [-0.1, -0.05) is 59.6 Å². The Balaban J connectivity index is 1.48. The van der Waals surface area contributed by atoms with Crippen LogP contribution in [0.4, 0.5) is 11.4 Å². The summed E-state index contributed by atoms with van der Waals surface area (Å²) in [4.78, 5) is 25.3. The number of anilines is 2. The number of carbonyl (C=O) groups is 2. The zero-order chi connectivity index (χ0) is 23.4. The Kier molecular flexibility index (Phi) is 6.77. The van der Waals surface area contributed by atoms with Crippen LogP contribution >= 0.6 is 23.2 Å². The van der Waals surface area contributed by atoms with Crippen LogP contribution < -0.4 is 15.1 Å². The van der Waals surface area contributed by atoms with Crippen molar-refractivity contribution in [3.8, 4) is 5.75 Å². The van der Waals surface area contributed by atoms with Crippen molar-refractivity contribution in [1.82, 2.24) is 0 Å². The van der Waals surface area contributed by atoms with E-state index in [9.17, 15) is 9.59 Å². The Morgan fingerprint density at radius 1 is 1.03 bits per heavy atom. The van der Waals surface area contributed by atoms with Crippen LogP contribution in [0.15, 0.2) is 83.5 Å². The van der Waals surface area contributed by atoms with Gasteiger partial charge >= 0.3 is 0 Å². The summed E-state index contributed by atoms with van der Waals surface area (Å²) in [6.45, 7) is 1.55. The van der Waals surface area contributed by atoms with Crippen molar-refractivity contribution in [3.63, 3.8) is 0 Å². The standard InChI is InChI=1S/C25H19Cl2N3O3/c1-16-20(25(32)30(29-16)19-8-3-2-4-9-19)13-17-7-5-6-10-23(17)33-15-24(31)28-18-11-12-21(26)22(27)14-18/h2-14H,15H2,1H3,(H,28,31). The molecule has 0 aromatic heterocycles. The number of nitrogens with one attached hydrogen (secondary N) is 1. The molecule has 1 heterocycles. The van der Waals surface area contributed by atoms with Crippen LogP contribution in [0.2, 0.25) is 10.0 Å². The molecule has 0 unspecified atom stereocenters. The maximum Gasteiger partial charge on any atom is 0.280 e. The average molecular weight is 480 g/mol. The fraction of sp³-hybridized carbons (Fsp3) is 0.0800. The molecule has 8 heteroatoms. The summed E-state index contributed by atoms with van der Waals surface area (Å²) in [5.41, 5.74) is 2.91. The van der Waals surface area contributed by atoms with Gasteiger partial charge in [0.05, 0.1) is 27.0 Å². The molecule has 33 heavy (non-hydrogen) atoms. The lowest BCUT2D eigenvalue weighted by Gasteiger charge is -2.12. The van der Waals surface area contributed by atoms with Crippen molar-refractivity contribution in [2.75, 3.05) is 16.9 Å². The van der Waals surface area contributed by atoms with Crippen molar-refractivity contribution in [3.05, 3.63) is 94.0 Å². The number of amides is 2. The maximum atomic E-state index is 13.0. The number of para-hydroxylation sites is 2. The number of hydrogen-bond acceptors (Lipinski definition) is 4. The normalized spacial score (nSPS) is 14.4. The van der Waals surface area contributed by atoms with Gasteiger partial charge in [0.15, 0.2) is 6.61 Å². The van der Waals surface area contributed by atoms with Gasteiger partial charge in [-0.3, -0.25) is 9.59 Å². The van der Waals surface area contributed by atoms with E-state index in [1.54, 1.807) is 43.3 Å². The van der Waals surface area contributed by atoms with Gasteiger partial charge in [0.25, 0.3) is 11.8 Å². The maximum absolute atomic E-state index is 13.0. The van der Waals surface area contributed by atoms with Gasteiger partial charge in [-0.15, -0.1) is 0 Å². The van der Waals surface area contributed by atoms with Crippen LogP contribution in [0.1, 0.15) is 12.5 Å². The Bertz CT molecular complexity index is 1270. The van der Waals surface area contributed by atoms with Gasteiger partial charge < -0.3 is 10.1 Å². The molecule has 0 saturated carbocycles. The van der Waals surface area contributed by atoms with Crippen molar-refractivity contribution in [1.29, 1.82) is 0 Å². The molecule has 4 rings (SSSR count). The molecule has 3 aromatic carbocycles. The molecule has 0 fully saturated rings. The molecular weight excluding hydrogens is 461 g/mol. The Morgan fingerprint density at radius 3 is 2.52 bits per heavy atom. The molecule has 1 aliphatic heterocycles. The first-order chi connectivity index (χ1) is 15.9. The van der Waals surface area contributed by atoms with Gasteiger partial charge in [0.2, 0.25) is 0 Å². The highest BCUT2D eigenvalue weighted by Crippen LogP contribution is 2.28. The van der Waals surface area contributed by atoms with Crippen molar-refractivity contribution < 1.29 is 14.3 Å². The zero-order valence-electron chi connectivity index (χ0n) is 17.6. The smallest absolute Gasteiger partial charge is 0.280 e. The molecule has 0 radical (unpaired) electrons. The van der Waals surface area contributed by atoms with Gasteiger partial charge in [-0.2, -0.15) is 10.1 Å². The van der Waals surface area contributed by atoms with E-state index in [1.165, 1.54) is 5.01 Å².